The summed E-state index contributed by atoms with van der Waals surface area (Å²) >= 11 is 1.25. The van der Waals surface area contributed by atoms with Gasteiger partial charge in [-0.05, 0) is 12.1 Å². The van der Waals surface area contributed by atoms with E-state index in [2.05, 4.69) is 4.33 Å². The number of hydrogen-bond acceptors (Lipinski definition) is 3. The second-order valence-corrected chi connectivity index (χ2v) is 2.42. The van der Waals surface area contributed by atoms with Gasteiger partial charge in [0.1, 0.15) is 0 Å². The van der Waals surface area contributed by atoms with Gasteiger partial charge in [-0.25, -0.2) is 0 Å². The third kappa shape index (κ3) is 0.781. The van der Waals surface area contributed by atoms with Crippen molar-refractivity contribution in [3.8, 4) is 5.75 Å². The Balaban J connectivity index is 2.54. The fourth-order valence-electron chi connectivity index (χ4n) is 0.678. The Morgan fingerprint density at radius 1 is 1.22 bits per heavy atom. The zero-order chi connectivity index (χ0) is 6.10. The Morgan fingerprint density at radius 3 is 3.00 bits per heavy atom. The van der Waals surface area contributed by atoms with Crippen molar-refractivity contribution in [2.75, 3.05) is 0 Å². The van der Waals surface area contributed by atoms with Crippen molar-refractivity contribution in [1.82, 2.24) is 0 Å². The predicted molar refractivity (Wildman–Crippen MR) is 34.0 cm³/mol. The average molecular weight is 140 g/mol. The van der Waals surface area contributed by atoms with Gasteiger partial charge >= 0.3 is 0 Å². The normalized spacial score (nSPS) is 14.7. The van der Waals surface area contributed by atoms with Crippen molar-refractivity contribution in [3.63, 3.8) is 0 Å². The van der Waals surface area contributed by atoms with E-state index >= 15 is 0 Å². The molecule has 2 rings (SSSR count). The van der Waals surface area contributed by atoms with Gasteiger partial charge in [-0.15, -0.1) is 4.33 Å². The largest absolute Gasteiger partial charge is 0.324 e. The minimum Gasteiger partial charge on any atom is -0.324 e. The summed E-state index contributed by atoms with van der Waals surface area (Å²) in [7, 11) is 0. The third-order valence-electron chi connectivity index (χ3n) is 1.10. The molecule has 46 valence electrons. The first-order chi connectivity index (χ1) is 4.47. The van der Waals surface area contributed by atoms with Gasteiger partial charge in [0.2, 0.25) is 0 Å². The van der Waals surface area contributed by atoms with E-state index in [1.807, 2.05) is 24.3 Å². The summed E-state index contributed by atoms with van der Waals surface area (Å²) in [4.78, 5) is 5.80. The molecule has 0 N–H and O–H groups in total. The molecule has 0 aromatic heterocycles. The Morgan fingerprint density at radius 2 is 2.11 bits per heavy atom. The zero-order valence-electron chi connectivity index (χ0n) is 4.53. The molecule has 9 heavy (non-hydrogen) atoms. The first-order valence-corrected chi connectivity index (χ1v) is 3.31. The van der Waals surface area contributed by atoms with Crippen molar-refractivity contribution in [1.29, 1.82) is 0 Å². The lowest BCUT2D eigenvalue weighted by atomic mass is 10.3. The van der Waals surface area contributed by atoms with Crippen LogP contribution >= 0.6 is 12.0 Å². The maximum Gasteiger partial charge on any atom is 0.182 e. The van der Waals surface area contributed by atoms with Gasteiger partial charge in [-0.3, -0.25) is 0 Å². The van der Waals surface area contributed by atoms with Crippen LogP contribution in [0.2, 0.25) is 0 Å². The van der Waals surface area contributed by atoms with Crippen LogP contribution in [0.5, 0.6) is 5.75 Å². The Kier molecular flexibility index (Phi) is 1.10. The first kappa shape index (κ1) is 5.14. The van der Waals surface area contributed by atoms with Crippen molar-refractivity contribution in [2.24, 2.45) is 0 Å². The lowest BCUT2D eigenvalue weighted by molar-refractivity contribution is -0.0683. The summed E-state index contributed by atoms with van der Waals surface area (Å²) in [5, 5.41) is 0. The van der Waals surface area contributed by atoms with E-state index in [0.29, 0.717) is 0 Å². The molecule has 0 aliphatic carbocycles. The van der Waals surface area contributed by atoms with Crippen LogP contribution in [0.3, 0.4) is 0 Å². The van der Waals surface area contributed by atoms with Crippen molar-refractivity contribution >= 4 is 12.0 Å². The molecule has 1 aliphatic heterocycles. The van der Waals surface area contributed by atoms with Gasteiger partial charge in [0.05, 0.1) is 16.9 Å². The molecule has 0 radical (unpaired) electrons. The molecule has 1 aromatic rings. The highest BCUT2D eigenvalue weighted by Gasteiger charge is 2.12. The molecule has 0 saturated carbocycles. The maximum absolute atomic E-state index is 4.76. The van der Waals surface area contributed by atoms with Crippen LogP contribution in [0.4, 0.5) is 0 Å². The minimum atomic E-state index is 0.808. The molecular formula is C6H4O2S. The molecule has 0 saturated heterocycles. The molecule has 0 unspecified atom stereocenters. The van der Waals surface area contributed by atoms with Gasteiger partial charge in [0, 0.05) is 0 Å². The monoisotopic (exact) mass is 140 g/mol. The van der Waals surface area contributed by atoms with E-state index in [1.165, 1.54) is 12.0 Å². The third-order valence-corrected chi connectivity index (χ3v) is 1.75. The van der Waals surface area contributed by atoms with E-state index in [-0.39, 0.29) is 0 Å². The summed E-state index contributed by atoms with van der Waals surface area (Å²) < 4.78 is 4.63. The quantitative estimate of drug-likeness (QED) is 0.405. The number of hydrogen-bond donors (Lipinski definition) is 0. The van der Waals surface area contributed by atoms with Crippen LogP contribution in [0.1, 0.15) is 0 Å². The van der Waals surface area contributed by atoms with Gasteiger partial charge in [0.25, 0.3) is 0 Å². The second-order valence-electron chi connectivity index (χ2n) is 1.68. The lowest BCUT2D eigenvalue weighted by Gasteiger charge is -1.87. The SMILES string of the molecule is c1ccc2c(c1)OOS2. The summed E-state index contributed by atoms with van der Waals surface area (Å²) in [6, 6.07) is 7.68. The highest BCUT2D eigenvalue weighted by Crippen LogP contribution is 2.36. The van der Waals surface area contributed by atoms with Gasteiger partial charge in [-0.2, -0.15) is 0 Å². The van der Waals surface area contributed by atoms with Crippen molar-refractivity contribution < 1.29 is 9.22 Å². The molecule has 0 atom stereocenters. The van der Waals surface area contributed by atoms with Gasteiger partial charge < -0.3 is 4.89 Å². The topological polar surface area (TPSA) is 18.5 Å². The van der Waals surface area contributed by atoms with Crippen LogP contribution < -0.4 is 4.89 Å². The average Bonchev–Trinajstić information content (AvgIpc) is 2.33. The van der Waals surface area contributed by atoms with Crippen molar-refractivity contribution in [2.45, 2.75) is 4.90 Å². The summed E-state index contributed by atoms with van der Waals surface area (Å²) in [5.74, 6) is 0.808. The number of para-hydroxylation sites is 1. The van der Waals surface area contributed by atoms with E-state index in [4.69, 9.17) is 4.89 Å². The lowest BCUT2D eigenvalue weighted by Crippen LogP contribution is -1.77. The van der Waals surface area contributed by atoms with Crippen molar-refractivity contribution in [3.05, 3.63) is 24.3 Å². The van der Waals surface area contributed by atoms with E-state index in [0.717, 1.165) is 10.6 Å². The van der Waals surface area contributed by atoms with Crippen LogP contribution in [0, 0.1) is 0 Å². The van der Waals surface area contributed by atoms with E-state index in [9.17, 15) is 0 Å². The summed E-state index contributed by atoms with van der Waals surface area (Å²) in [6.07, 6.45) is 0. The van der Waals surface area contributed by atoms with Crippen LogP contribution in [0.15, 0.2) is 29.2 Å². The Hall–Kier alpha value is -0.670. The fraction of sp³-hybridized carbons (Fsp3) is 0. The molecule has 3 heteroatoms. The molecule has 0 bridgehead atoms. The molecule has 0 fully saturated rings. The highest BCUT2D eigenvalue weighted by molar-refractivity contribution is 7.94. The van der Waals surface area contributed by atoms with Crippen LogP contribution in [0.25, 0.3) is 0 Å². The van der Waals surface area contributed by atoms with E-state index in [1.54, 1.807) is 0 Å². The Bertz CT molecular complexity index is 201. The van der Waals surface area contributed by atoms with Gasteiger partial charge in [0.15, 0.2) is 5.75 Å². The molecule has 0 spiro atoms. The minimum absolute atomic E-state index is 0.808. The van der Waals surface area contributed by atoms with Gasteiger partial charge in [-0.1, -0.05) is 12.1 Å². The predicted octanol–water partition coefficient (Wildman–Crippen LogP) is 2.02. The van der Waals surface area contributed by atoms with Crippen LogP contribution in [-0.4, -0.2) is 0 Å². The summed E-state index contributed by atoms with van der Waals surface area (Å²) in [5.41, 5.74) is 0. The molecule has 1 heterocycles. The highest BCUT2D eigenvalue weighted by atomic mass is 32.2. The number of fused-ring (bicyclic) bond motifs is 1. The second kappa shape index (κ2) is 1.93. The molecule has 1 aliphatic rings. The van der Waals surface area contributed by atoms with Crippen LogP contribution in [-0.2, 0) is 4.33 Å². The fourth-order valence-corrected chi connectivity index (χ4v) is 1.18. The first-order valence-electron chi connectivity index (χ1n) is 2.57. The molecule has 0 amide bonds. The molecule has 1 aromatic carbocycles. The number of benzene rings is 1. The molecular weight excluding hydrogens is 136 g/mol. The summed E-state index contributed by atoms with van der Waals surface area (Å²) in [6.45, 7) is 0. The number of rotatable bonds is 0. The maximum atomic E-state index is 4.76. The zero-order valence-corrected chi connectivity index (χ0v) is 5.35. The smallest absolute Gasteiger partial charge is 0.182 e. The van der Waals surface area contributed by atoms with E-state index < -0.39 is 0 Å². The Labute approximate surface area is 56.9 Å². The standard InChI is InChI=1S/C6H4O2S/c1-2-4-6-5(3-1)7-8-9-6/h1-4H. The molecule has 2 nitrogen and oxygen atoms in total.